The third-order valence-corrected chi connectivity index (χ3v) is 3.16. The van der Waals surface area contributed by atoms with Crippen molar-refractivity contribution in [3.05, 3.63) is 29.3 Å². The van der Waals surface area contributed by atoms with Crippen LogP contribution < -0.4 is 15.4 Å². The average molecular weight is 456 g/mol. The summed E-state index contributed by atoms with van der Waals surface area (Å²) in [6.07, 6.45) is 2.11. The molecule has 0 aromatic heterocycles. The molecule has 0 heterocycles. The minimum Gasteiger partial charge on any atom is -0.492 e. The summed E-state index contributed by atoms with van der Waals surface area (Å²) in [6.45, 7) is 5.73. The van der Waals surface area contributed by atoms with Crippen LogP contribution in [0.2, 0.25) is 5.02 Å². The van der Waals surface area contributed by atoms with E-state index in [1.54, 1.807) is 7.05 Å². The van der Waals surface area contributed by atoms with Crippen molar-refractivity contribution in [3.8, 4) is 5.75 Å². The van der Waals surface area contributed by atoms with Gasteiger partial charge >= 0.3 is 0 Å². The van der Waals surface area contributed by atoms with Crippen LogP contribution in [-0.4, -0.2) is 45.9 Å². The summed E-state index contributed by atoms with van der Waals surface area (Å²) in [5.74, 6) is 1.60. The van der Waals surface area contributed by atoms with E-state index in [9.17, 15) is 0 Å². The number of benzene rings is 1. The average Bonchev–Trinajstić information content (AvgIpc) is 2.54. The first-order valence-corrected chi connectivity index (χ1v) is 8.04. The highest BCUT2D eigenvalue weighted by Gasteiger charge is 1.98. The lowest BCUT2D eigenvalue weighted by atomic mass is 10.3. The highest BCUT2D eigenvalue weighted by atomic mass is 127. The van der Waals surface area contributed by atoms with Crippen molar-refractivity contribution in [1.29, 1.82) is 0 Å². The van der Waals surface area contributed by atoms with Crippen molar-refractivity contribution in [3.63, 3.8) is 0 Å². The van der Waals surface area contributed by atoms with E-state index in [1.807, 2.05) is 31.2 Å². The van der Waals surface area contributed by atoms with E-state index in [0.717, 1.165) is 44.3 Å². The van der Waals surface area contributed by atoms with Gasteiger partial charge in [0.2, 0.25) is 0 Å². The Hall–Kier alpha value is -0.730. The van der Waals surface area contributed by atoms with E-state index < -0.39 is 0 Å². The van der Waals surface area contributed by atoms with Gasteiger partial charge in [-0.1, -0.05) is 11.6 Å². The Morgan fingerprint density at radius 2 is 1.78 bits per heavy atom. The first-order chi connectivity index (χ1) is 10.8. The summed E-state index contributed by atoms with van der Waals surface area (Å²) < 4.78 is 10.9. The molecule has 0 spiro atoms. The van der Waals surface area contributed by atoms with Crippen molar-refractivity contribution in [2.24, 2.45) is 4.99 Å². The van der Waals surface area contributed by atoms with Gasteiger partial charge in [0.15, 0.2) is 5.96 Å². The summed E-state index contributed by atoms with van der Waals surface area (Å²) in [5.41, 5.74) is 0. The van der Waals surface area contributed by atoms with Crippen molar-refractivity contribution in [1.82, 2.24) is 10.6 Å². The van der Waals surface area contributed by atoms with E-state index in [2.05, 4.69) is 15.6 Å². The molecule has 0 amide bonds. The number of unbranched alkanes of at least 4 members (excludes halogenated alkanes) is 1. The number of guanidine groups is 1. The van der Waals surface area contributed by atoms with Crippen LogP contribution in [0.1, 0.15) is 19.8 Å². The van der Waals surface area contributed by atoms with Gasteiger partial charge < -0.3 is 20.1 Å². The van der Waals surface area contributed by atoms with Crippen molar-refractivity contribution >= 4 is 41.5 Å². The molecule has 0 saturated heterocycles. The zero-order chi connectivity index (χ0) is 16.0. The van der Waals surface area contributed by atoms with Crippen LogP contribution in [0.3, 0.4) is 0 Å². The van der Waals surface area contributed by atoms with E-state index in [1.165, 1.54) is 0 Å². The highest BCUT2D eigenvalue weighted by molar-refractivity contribution is 14.0. The first-order valence-electron chi connectivity index (χ1n) is 7.67. The van der Waals surface area contributed by atoms with Gasteiger partial charge in [-0.15, -0.1) is 24.0 Å². The Kier molecular flexibility index (Phi) is 14.4. The van der Waals surface area contributed by atoms with Crippen LogP contribution in [0, 0.1) is 0 Å². The maximum absolute atomic E-state index is 5.82. The van der Waals surface area contributed by atoms with E-state index >= 15 is 0 Å². The van der Waals surface area contributed by atoms with Gasteiger partial charge in [-0.3, -0.25) is 4.99 Å². The highest BCUT2D eigenvalue weighted by Crippen LogP contribution is 2.14. The van der Waals surface area contributed by atoms with Crippen molar-refractivity contribution in [2.45, 2.75) is 19.8 Å². The van der Waals surface area contributed by atoms with Gasteiger partial charge in [0.1, 0.15) is 12.4 Å². The molecule has 23 heavy (non-hydrogen) atoms. The summed E-state index contributed by atoms with van der Waals surface area (Å²) in [4.78, 5) is 4.17. The smallest absolute Gasteiger partial charge is 0.191 e. The number of nitrogens with zero attached hydrogens (tertiary/aromatic N) is 1. The molecule has 7 heteroatoms. The molecule has 0 bridgehead atoms. The summed E-state index contributed by atoms with van der Waals surface area (Å²) in [5, 5.41) is 7.18. The van der Waals surface area contributed by atoms with E-state index in [-0.39, 0.29) is 24.0 Å². The lowest BCUT2D eigenvalue weighted by Gasteiger charge is -2.12. The molecule has 2 N–H and O–H groups in total. The van der Waals surface area contributed by atoms with E-state index in [0.29, 0.717) is 18.2 Å². The van der Waals surface area contributed by atoms with Gasteiger partial charge in [0.25, 0.3) is 0 Å². The molecule has 0 fully saturated rings. The normalized spacial score (nSPS) is 10.8. The molecular formula is C16H27ClIN3O2. The van der Waals surface area contributed by atoms with Crippen LogP contribution in [0.5, 0.6) is 5.75 Å². The Balaban J connectivity index is 0.00000484. The Bertz CT molecular complexity index is 430. The SMILES string of the molecule is CCOCCCCNC(=NC)NCCOc1ccc(Cl)cc1.I. The summed E-state index contributed by atoms with van der Waals surface area (Å²) in [7, 11) is 1.76. The number of halogens is 2. The van der Waals surface area contributed by atoms with E-state index in [4.69, 9.17) is 21.1 Å². The molecule has 5 nitrogen and oxygen atoms in total. The zero-order valence-electron chi connectivity index (χ0n) is 13.8. The van der Waals surface area contributed by atoms with Gasteiger partial charge in [-0.25, -0.2) is 0 Å². The molecule has 0 unspecified atom stereocenters. The fourth-order valence-electron chi connectivity index (χ4n) is 1.77. The second-order valence-corrected chi connectivity index (χ2v) is 5.07. The van der Waals surface area contributed by atoms with Gasteiger partial charge in [0.05, 0.1) is 6.54 Å². The summed E-state index contributed by atoms with van der Waals surface area (Å²) >= 11 is 5.82. The number of hydrogen-bond acceptors (Lipinski definition) is 3. The second kappa shape index (κ2) is 14.8. The fourth-order valence-corrected chi connectivity index (χ4v) is 1.90. The van der Waals surface area contributed by atoms with Crippen LogP contribution in [0.4, 0.5) is 0 Å². The number of nitrogens with one attached hydrogen (secondary N) is 2. The lowest BCUT2D eigenvalue weighted by Crippen LogP contribution is -2.39. The molecule has 0 aliphatic heterocycles. The maximum Gasteiger partial charge on any atom is 0.191 e. The first kappa shape index (κ1) is 22.3. The van der Waals surface area contributed by atoms with Crippen LogP contribution >= 0.6 is 35.6 Å². The molecule has 0 radical (unpaired) electrons. The largest absolute Gasteiger partial charge is 0.492 e. The third kappa shape index (κ3) is 11.4. The Morgan fingerprint density at radius 3 is 2.43 bits per heavy atom. The molecular weight excluding hydrogens is 429 g/mol. The molecule has 0 aliphatic rings. The monoisotopic (exact) mass is 455 g/mol. The second-order valence-electron chi connectivity index (χ2n) is 4.63. The minimum atomic E-state index is 0. The molecule has 1 aromatic rings. The van der Waals surface area contributed by atoms with Crippen molar-refractivity contribution in [2.75, 3.05) is 40.0 Å². The standard InChI is InChI=1S/C16H26ClN3O2.HI/c1-3-21-12-5-4-10-19-16(18-2)20-11-13-22-15-8-6-14(17)7-9-15;/h6-9H,3-5,10-13H2,1-2H3,(H2,18,19,20);1H. The number of hydrogen-bond donors (Lipinski definition) is 2. The molecule has 132 valence electrons. The molecule has 1 rings (SSSR count). The molecule has 0 aliphatic carbocycles. The number of aliphatic imine (C=N–C) groups is 1. The molecule has 0 saturated carbocycles. The zero-order valence-corrected chi connectivity index (χ0v) is 16.9. The Labute approximate surface area is 161 Å². The van der Waals surface area contributed by atoms with Crippen LogP contribution in [0.15, 0.2) is 29.3 Å². The predicted octanol–water partition coefficient (Wildman–Crippen LogP) is 3.32. The summed E-state index contributed by atoms with van der Waals surface area (Å²) in [6, 6.07) is 7.33. The molecule has 1 aromatic carbocycles. The van der Waals surface area contributed by atoms with Crippen LogP contribution in [-0.2, 0) is 4.74 Å². The minimum absolute atomic E-state index is 0. The maximum atomic E-state index is 5.82. The van der Waals surface area contributed by atoms with Gasteiger partial charge in [0, 0.05) is 31.8 Å². The van der Waals surface area contributed by atoms with Crippen molar-refractivity contribution < 1.29 is 9.47 Å². The molecule has 0 atom stereocenters. The fraction of sp³-hybridized carbons (Fsp3) is 0.562. The number of ether oxygens (including phenoxy) is 2. The Morgan fingerprint density at radius 1 is 1.09 bits per heavy atom. The third-order valence-electron chi connectivity index (χ3n) is 2.91. The number of rotatable bonds is 10. The van der Waals surface area contributed by atoms with Gasteiger partial charge in [-0.05, 0) is 44.0 Å². The predicted molar refractivity (Wildman–Crippen MR) is 107 cm³/mol. The van der Waals surface area contributed by atoms with Gasteiger partial charge in [-0.2, -0.15) is 0 Å². The topological polar surface area (TPSA) is 54.9 Å². The lowest BCUT2D eigenvalue weighted by molar-refractivity contribution is 0.143. The quantitative estimate of drug-likeness (QED) is 0.246. The van der Waals surface area contributed by atoms with Crippen LogP contribution in [0.25, 0.3) is 0 Å².